The molecular formula is H6Fe2O3W. The summed E-state index contributed by atoms with van der Waals surface area (Å²) in [6.45, 7) is 0. The largest absolute Gasteiger partial charge is 0.412 e. The molecule has 3 nitrogen and oxygen atoms in total. The van der Waals surface area contributed by atoms with Crippen molar-refractivity contribution in [1.29, 1.82) is 0 Å². The van der Waals surface area contributed by atoms with Gasteiger partial charge in [-0.05, 0) is 0 Å². The molecule has 0 aliphatic rings. The summed E-state index contributed by atoms with van der Waals surface area (Å²) in [7, 11) is 0. The molecule has 6 N–H and O–H groups in total. The quantitative estimate of drug-likeness (QED) is 0.433. The Morgan fingerprint density at radius 3 is 0.500 bits per heavy atom. The molecule has 0 atom stereocenters. The van der Waals surface area contributed by atoms with Crippen LogP contribution in [0.3, 0.4) is 0 Å². The number of hydrogen-bond acceptors (Lipinski definition) is 0. The fourth-order valence-corrected chi connectivity index (χ4v) is 0. The van der Waals surface area contributed by atoms with Crippen LogP contribution in [0.1, 0.15) is 0 Å². The zero-order valence-electron chi connectivity index (χ0n) is 2.62. The number of rotatable bonds is 0. The van der Waals surface area contributed by atoms with Crippen molar-refractivity contribution >= 4 is 0 Å². The summed E-state index contributed by atoms with van der Waals surface area (Å²) in [5, 5.41) is 0. The summed E-state index contributed by atoms with van der Waals surface area (Å²) in [4.78, 5) is 0. The molecule has 0 amide bonds. The third-order valence-electron chi connectivity index (χ3n) is 0. The fraction of sp³-hybridized carbons (Fsp3) is 0. The molecule has 0 fully saturated rings. The molecule has 0 bridgehead atoms. The topological polar surface area (TPSA) is 94.5 Å². The second-order valence-corrected chi connectivity index (χ2v) is 0. The SMILES string of the molecule is O.O.O.[Fe].[Fe].[W]. The smallest absolute Gasteiger partial charge is 0 e. The van der Waals surface area contributed by atoms with E-state index in [1.807, 2.05) is 0 Å². The molecule has 0 rings (SSSR count). The van der Waals surface area contributed by atoms with Crippen LogP contribution in [0.2, 0.25) is 0 Å². The molecule has 0 spiro atoms. The van der Waals surface area contributed by atoms with Gasteiger partial charge in [0.1, 0.15) is 0 Å². The van der Waals surface area contributed by atoms with Crippen LogP contribution in [0.15, 0.2) is 0 Å². The molecule has 0 saturated carbocycles. The second kappa shape index (κ2) is 80.4. The third kappa shape index (κ3) is 46.1. The normalized spacial score (nSPS) is 0. The molecule has 6 heavy (non-hydrogen) atoms. The van der Waals surface area contributed by atoms with Crippen LogP contribution in [0.25, 0.3) is 0 Å². The van der Waals surface area contributed by atoms with Gasteiger partial charge >= 0.3 is 0 Å². The van der Waals surface area contributed by atoms with Crippen molar-refractivity contribution in [3.8, 4) is 0 Å². The van der Waals surface area contributed by atoms with Crippen molar-refractivity contribution in [2.45, 2.75) is 0 Å². The van der Waals surface area contributed by atoms with Gasteiger partial charge in [-0.1, -0.05) is 0 Å². The van der Waals surface area contributed by atoms with Gasteiger partial charge in [0.2, 0.25) is 0 Å². The van der Waals surface area contributed by atoms with E-state index in [1.54, 1.807) is 0 Å². The Hall–Kier alpha value is 1.61. The predicted molar refractivity (Wildman–Crippen MR) is 10.8 cm³/mol. The molecule has 0 unspecified atom stereocenters. The van der Waals surface area contributed by atoms with E-state index in [2.05, 4.69) is 0 Å². The molecule has 6 heteroatoms. The van der Waals surface area contributed by atoms with Crippen molar-refractivity contribution in [2.75, 3.05) is 0 Å². The van der Waals surface area contributed by atoms with Crippen LogP contribution in [0, 0.1) is 0 Å². The molecule has 0 aromatic carbocycles. The first-order chi connectivity index (χ1) is 0. The van der Waals surface area contributed by atoms with Gasteiger partial charge < -0.3 is 16.4 Å². The third-order valence-corrected chi connectivity index (χ3v) is 0. The molecule has 0 radical (unpaired) electrons. The monoisotopic (exact) mass is 350 g/mol. The van der Waals surface area contributed by atoms with E-state index in [-0.39, 0.29) is 71.6 Å². The fourth-order valence-electron chi connectivity index (χ4n) is 0. The molecule has 0 aromatic heterocycles. The van der Waals surface area contributed by atoms with Crippen LogP contribution in [0.4, 0.5) is 0 Å². The Kier molecular flexibility index (Phi) is 1720. The minimum absolute atomic E-state index is 0. The van der Waals surface area contributed by atoms with Gasteiger partial charge in [0.25, 0.3) is 0 Å². The summed E-state index contributed by atoms with van der Waals surface area (Å²) in [6.07, 6.45) is 0. The van der Waals surface area contributed by atoms with Crippen molar-refractivity contribution in [3.63, 3.8) is 0 Å². The Bertz CT molecular complexity index is 8.75. The van der Waals surface area contributed by atoms with Gasteiger partial charge in [0, 0.05) is 55.2 Å². The molecule has 46 valence electrons. The summed E-state index contributed by atoms with van der Waals surface area (Å²) in [5.74, 6) is 0. The van der Waals surface area contributed by atoms with Crippen molar-refractivity contribution in [1.82, 2.24) is 0 Å². The van der Waals surface area contributed by atoms with Crippen LogP contribution in [-0.4, -0.2) is 16.4 Å². The summed E-state index contributed by atoms with van der Waals surface area (Å²) < 4.78 is 0. The zero-order valence-corrected chi connectivity index (χ0v) is 7.76. The maximum absolute atomic E-state index is 0. The molecular weight excluding hydrogens is 344 g/mol. The van der Waals surface area contributed by atoms with E-state index in [1.165, 1.54) is 0 Å². The van der Waals surface area contributed by atoms with E-state index in [0.717, 1.165) is 0 Å². The van der Waals surface area contributed by atoms with Gasteiger partial charge in [0.05, 0.1) is 0 Å². The van der Waals surface area contributed by atoms with E-state index in [9.17, 15) is 0 Å². The van der Waals surface area contributed by atoms with E-state index in [0.29, 0.717) is 0 Å². The molecule has 0 aromatic rings. The standard InChI is InChI=1S/2Fe.3H2O.W/h;;3*1H2;. The Labute approximate surface area is 71.4 Å². The minimum Gasteiger partial charge on any atom is -0.412 e. The van der Waals surface area contributed by atoms with Crippen molar-refractivity contribution in [2.24, 2.45) is 0 Å². The van der Waals surface area contributed by atoms with Crippen LogP contribution in [-0.2, 0) is 55.2 Å². The molecule has 0 aliphatic carbocycles. The Morgan fingerprint density at radius 2 is 0.500 bits per heavy atom. The Balaban J connectivity index is 0. The first-order valence-corrected chi connectivity index (χ1v) is 0. The number of hydrogen-bond donors (Lipinski definition) is 0. The van der Waals surface area contributed by atoms with Crippen molar-refractivity contribution in [3.05, 3.63) is 0 Å². The minimum atomic E-state index is 0. The summed E-state index contributed by atoms with van der Waals surface area (Å²) in [5.41, 5.74) is 0. The second-order valence-electron chi connectivity index (χ2n) is 0. The van der Waals surface area contributed by atoms with Crippen LogP contribution < -0.4 is 0 Å². The first kappa shape index (κ1) is 129. The summed E-state index contributed by atoms with van der Waals surface area (Å²) >= 11 is 0. The van der Waals surface area contributed by atoms with Gasteiger partial charge in [-0.15, -0.1) is 0 Å². The maximum Gasteiger partial charge on any atom is 0 e. The van der Waals surface area contributed by atoms with Crippen LogP contribution in [0.5, 0.6) is 0 Å². The predicted octanol–water partition coefficient (Wildman–Crippen LogP) is -2.48. The van der Waals surface area contributed by atoms with Crippen molar-refractivity contribution < 1.29 is 71.6 Å². The summed E-state index contributed by atoms with van der Waals surface area (Å²) in [6, 6.07) is 0. The Morgan fingerprint density at radius 1 is 0.500 bits per heavy atom. The maximum atomic E-state index is 0. The average Bonchev–Trinajstić information content (AvgIpc) is 0. The first-order valence-electron chi connectivity index (χ1n) is 0. The van der Waals surface area contributed by atoms with Gasteiger partial charge in [-0.25, -0.2) is 0 Å². The average molecular weight is 350 g/mol. The van der Waals surface area contributed by atoms with Gasteiger partial charge in [-0.2, -0.15) is 0 Å². The van der Waals surface area contributed by atoms with E-state index < -0.39 is 0 Å². The molecule has 0 saturated heterocycles. The zero-order chi connectivity index (χ0) is 0. The van der Waals surface area contributed by atoms with E-state index >= 15 is 0 Å². The molecule has 0 aliphatic heterocycles. The van der Waals surface area contributed by atoms with Gasteiger partial charge in [-0.3, -0.25) is 0 Å². The van der Waals surface area contributed by atoms with Gasteiger partial charge in [0.15, 0.2) is 0 Å². The molecule has 0 heterocycles. The van der Waals surface area contributed by atoms with Crippen LogP contribution >= 0.6 is 0 Å². The van der Waals surface area contributed by atoms with E-state index in [4.69, 9.17) is 0 Å².